The van der Waals surface area contributed by atoms with Crippen molar-refractivity contribution in [1.29, 1.82) is 0 Å². The fraction of sp³-hybridized carbons (Fsp3) is 0.231. The molecule has 11 heteroatoms. The number of nitrogens with two attached hydrogens (primary N) is 1. The molecule has 1 unspecified atom stereocenters. The molecule has 0 aliphatic carbocycles. The van der Waals surface area contributed by atoms with E-state index in [2.05, 4.69) is 63.7 Å². The van der Waals surface area contributed by atoms with Crippen molar-refractivity contribution in [1.82, 2.24) is 4.90 Å². The van der Waals surface area contributed by atoms with E-state index in [1.807, 2.05) is 0 Å². The maximum Gasteiger partial charge on any atom is 0.326 e. The number of primary amides is 1. The second-order valence-corrected chi connectivity index (χ2v) is 8.02. The average molecular weight is 592 g/mol. The highest BCUT2D eigenvalue weighted by Crippen LogP contribution is 2.45. The van der Waals surface area contributed by atoms with Gasteiger partial charge in [-0.05, 0) is 70.1 Å². The lowest BCUT2D eigenvalue weighted by molar-refractivity contribution is -0.141. The number of rotatable bonds is 5. The summed E-state index contributed by atoms with van der Waals surface area (Å²) < 4.78 is 1.65. The smallest absolute Gasteiger partial charge is 0.326 e. The first-order valence-electron chi connectivity index (χ1n) is 6.34. The van der Waals surface area contributed by atoms with Crippen LogP contribution in [0.2, 0.25) is 0 Å². The first-order chi connectivity index (χ1) is 11.1. The van der Waals surface area contributed by atoms with Gasteiger partial charge in [0, 0.05) is 24.3 Å². The van der Waals surface area contributed by atoms with E-state index in [0.717, 1.165) is 0 Å². The number of carbonyl (C=O) groups is 4. The summed E-state index contributed by atoms with van der Waals surface area (Å²) in [6.45, 7) is 0. The van der Waals surface area contributed by atoms with Gasteiger partial charge >= 0.3 is 5.97 Å². The van der Waals surface area contributed by atoms with E-state index < -0.39 is 29.7 Å². The van der Waals surface area contributed by atoms with Gasteiger partial charge in [-0.3, -0.25) is 19.3 Å². The SMILES string of the molecule is NC(=O)CCC(C(=O)O)N1C(=O)c2c(Br)c(Br)c(Br)c(Br)c2C1=O. The molecule has 1 aliphatic heterocycles. The van der Waals surface area contributed by atoms with Gasteiger partial charge < -0.3 is 10.8 Å². The van der Waals surface area contributed by atoms with Crippen LogP contribution in [0.15, 0.2) is 17.9 Å². The number of carbonyl (C=O) groups excluding carboxylic acids is 3. The summed E-state index contributed by atoms with van der Waals surface area (Å²) in [6.07, 6.45) is -0.520. The van der Waals surface area contributed by atoms with Crippen LogP contribution >= 0.6 is 63.7 Å². The van der Waals surface area contributed by atoms with Gasteiger partial charge in [0.2, 0.25) is 5.91 Å². The van der Waals surface area contributed by atoms with E-state index in [9.17, 15) is 24.3 Å². The quantitative estimate of drug-likeness (QED) is 0.310. The molecule has 0 saturated heterocycles. The van der Waals surface area contributed by atoms with Crippen molar-refractivity contribution in [3.8, 4) is 0 Å². The van der Waals surface area contributed by atoms with Crippen molar-refractivity contribution in [2.24, 2.45) is 5.73 Å². The molecule has 0 radical (unpaired) electrons. The molecular weight excluding hydrogens is 584 g/mol. The number of imide groups is 1. The van der Waals surface area contributed by atoms with Crippen molar-refractivity contribution in [3.63, 3.8) is 0 Å². The summed E-state index contributed by atoms with van der Waals surface area (Å²) in [5, 5.41) is 9.37. The summed E-state index contributed by atoms with van der Waals surface area (Å²) in [5.74, 6) is -3.62. The Bertz CT molecular complexity index is 748. The van der Waals surface area contributed by atoms with Crippen LogP contribution in [-0.2, 0) is 9.59 Å². The Morgan fingerprint density at radius 3 is 1.71 bits per heavy atom. The van der Waals surface area contributed by atoms with Crippen molar-refractivity contribution in [2.45, 2.75) is 18.9 Å². The van der Waals surface area contributed by atoms with Crippen molar-refractivity contribution >= 4 is 87.4 Å². The minimum absolute atomic E-state index is 0.0484. The molecule has 1 aromatic carbocycles. The van der Waals surface area contributed by atoms with Gasteiger partial charge in [-0.1, -0.05) is 0 Å². The topological polar surface area (TPSA) is 118 Å². The van der Waals surface area contributed by atoms with Gasteiger partial charge in [0.15, 0.2) is 0 Å². The molecule has 1 atom stereocenters. The number of hydrogen-bond acceptors (Lipinski definition) is 4. The molecule has 0 spiro atoms. The Labute approximate surface area is 169 Å². The maximum atomic E-state index is 12.7. The summed E-state index contributed by atoms with van der Waals surface area (Å²) in [7, 11) is 0. The number of fused-ring (bicyclic) bond motifs is 1. The Morgan fingerprint density at radius 2 is 1.38 bits per heavy atom. The molecule has 1 aliphatic rings. The third kappa shape index (κ3) is 3.18. The molecule has 128 valence electrons. The second kappa shape index (κ2) is 7.22. The lowest BCUT2D eigenvalue weighted by Crippen LogP contribution is -2.45. The fourth-order valence-corrected chi connectivity index (χ4v) is 4.75. The molecule has 2 rings (SSSR count). The molecule has 24 heavy (non-hydrogen) atoms. The van der Waals surface area contributed by atoms with E-state index in [0.29, 0.717) is 22.8 Å². The van der Waals surface area contributed by atoms with Crippen LogP contribution in [-0.4, -0.2) is 39.7 Å². The van der Waals surface area contributed by atoms with E-state index in [1.165, 1.54) is 0 Å². The number of carboxylic acid groups (broad SMARTS) is 1. The average Bonchev–Trinajstić information content (AvgIpc) is 2.75. The number of aliphatic carboxylic acids is 1. The van der Waals surface area contributed by atoms with Crippen LogP contribution in [0.1, 0.15) is 33.6 Å². The zero-order valence-electron chi connectivity index (χ0n) is 11.6. The normalized spacial score (nSPS) is 14.8. The predicted octanol–water partition coefficient (Wildman–Crippen LogP) is 3.05. The molecule has 0 bridgehead atoms. The molecule has 3 N–H and O–H groups in total. The maximum absolute atomic E-state index is 12.7. The Hall–Kier alpha value is -0.780. The molecule has 0 aromatic heterocycles. The van der Waals surface area contributed by atoms with E-state index in [-0.39, 0.29) is 24.0 Å². The highest BCUT2D eigenvalue weighted by molar-refractivity contribution is 9.15. The van der Waals surface area contributed by atoms with Crippen LogP contribution in [0.5, 0.6) is 0 Å². The number of hydrogen-bond donors (Lipinski definition) is 2. The number of nitrogens with zero attached hydrogens (tertiary/aromatic N) is 1. The third-order valence-corrected chi connectivity index (χ3v) is 8.16. The minimum Gasteiger partial charge on any atom is -0.480 e. The molecule has 7 nitrogen and oxygen atoms in total. The molecule has 3 amide bonds. The van der Waals surface area contributed by atoms with Crippen LogP contribution in [0.25, 0.3) is 0 Å². The highest BCUT2D eigenvalue weighted by Gasteiger charge is 2.46. The van der Waals surface area contributed by atoms with Gasteiger partial charge in [0.1, 0.15) is 6.04 Å². The summed E-state index contributed by atoms with van der Waals surface area (Å²) >= 11 is 13.0. The molecular formula is C13H8Br4N2O5. The molecule has 1 heterocycles. The van der Waals surface area contributed by atoms with Crippen LogP contribution in [0, 0.1) is 0 Å². The third-order valence-electron chi connectivity index (χ3n) is 3.39. The van der Waals surface area contributed by atoms with Crippen molar-refractivity contribution in [3.05, 3.63) is 29.0 Å². The lowest BCUT2D eigenvalue weighted by Gasteiger charge is -2.22. The second-order valence-electron chi connectivity index (χ2n) is 4.85. The molecule has 1 aromatic rings. The molecule has 0 fully saturated rings. The van der Waals surface area contributed by atoms with Crippen molar-refractivity contribution < 1.29 is 24.3 Å². The monoisotopic (exact) mass is 588 g/mol. The summed E-state index contributed by atoms with van der Waals surface area (Å²) in [5.41, 5.74) is 5.13. The van der Waals surface area contributed by atoms with Crippen LogP contribution < -0.4 is 5.73 Å². The van der Waals surface area contributed by atoms with Gasteiger partial charge in [-0.15, -0.1) is 0 Å². The van der Waals surface area contributed by atoms with Gasteiger partial charge in [0.25, 0.3) is 11.8 Å². The number of carboxylic acids is 1. The number of halogens is 4. The Morgan fingerprint density at radius 1 is 0.958 bits per heavy atom. The summed E-state index contributed by atoms with van der Waals surface area (Å²) in [6, 6.07) is -1.48. The highest BCUT2D eigenvalue weighted by atomic mass is 79.9. The van der Waals surface area contributed by atoms with Gasteiger partial charge in [-0.2, -0.15) is 0 Å². The lowest BCUT2D eigenvalue weighted by atomic mass is 10.1. The van der Waals surface area contributed by atoms with Gasteiger partial charge in [-0.25, -0.2) is 4.79 Å². The largest absolute Gasteiger partial charge is 0.480 e. The first-order valence-corrected chi connectivity index (χ1v) is 9.51. The molecule has 0 saturated carbocycles. The zero-order valence-corrected chi connectivity index (χ0v) is 18.0. The first kappa shape index (κ1) is 19.5. The number of amides is 3. The Balaban J connectivity index is 2.57. The minimum atomic E-state index is -1.48. The summed E-state index contributed by atoms with van der Waals surface area (Å²) in [4.78, 5) is 48.4. The van der Waals surface area contributed by atoms with Crippen LogP contribution in [0.4, 0.5) is 0 Å². The standard InChI is InChI=1S/C13H8Br4N2O5/c14-7-5-6(8(15)10(17)9(7)16)12(22)19(11(5)21)3(13(23)24)1-2-4(18)20/h3H,1-2H2,(H2,18,20)(H,23,24). The van der Waals surface area contributed by atoms with Gasteiger partial charge in [0.05, 0.1) is 11.1 Å². The van der Waals surface area contributed by atoms with E-state index >= 15 is 0 Å². The Kier molecular flexibility index (Phi) is 5.88. The van der Waals surface area contributed by atoms with Crippen molar-refractivity contribution in [2.75, 3.05) is 0 Å². The number of benzene rings is 1. The predicted molar refractivity (Wildman–Crippen MR) is 97.6 cm³/mol. The van der Waals surface area contributed by atoms with Crippen LogP contribution in [0.3, 0.4) is 0 Å². The fourth-order valence-electron chi connectivity index (χ4n) is 2.29. The van der Waals surface area contributed by atoms with E-state index in [4.69, 9.17) is 5.73 Å². The van der Waals surface area contributed by atoms with E-state index in [1.54, 1.807) is 0 Å². The zero-order chi connectivity index (χ0) is 18.3.